The molecular formula is C14H20. The normalized spacial score (nSPS) is 32.5. The van der Waals surface area contributed by atoms with E-state index in [9.17, 15) is 0 Å². The summed E-state index contributed by atoms with van der Waals surface area (Å²) in [4.78, 5) is 0. The Kier molecular flexibility index (Phi) is 3.23. The quantitative estimate of drug-likeness (QED) is 0.458. The van der Waals surface area contributed by atoms with Crippen LogP contribution in [-0.2, 0) is 0 Å². The van der Waals surface area contributed by atoms with Crippen molar-refractivity contribution in [1.29, 1.82) is 0 Å². The van der Waals surface area contributed by atoms with Gasteiger partial charge in [-0.2, -0.15) is 0 Å². The number of rotatable bonds is 3. The molecule has 0 aromatic rings. The largest absolute Gasteiger partial charge is 0.0847 e. The highest BCUT2D eigenvalue weighted by atomic mass is 14.3. The molecule has 2 aliphatic rings. The molecule has 0 aliphatic heterocycles. The first-order valence-corrected chi connectivity index (χ1v) is 5.94. The number of hydrogen-bond donors (Lipinski definition) is 0. The van der Waals surface area contributed by atoms with Crippen LogP contribution in [0.25, 0.3) is 0 Å². The van der Waals surface area contributed by atoms with Gasteiger partial charge in [0.05, 0.1) is 0 Å². The van der Waals surface area contributed by atoms with Crippen LogP contribution in [0.5, 0.6) is 0 Å². The number of unbranched alkanes of at least 4 members (excludes halogenated alkanes) is 2. The molecule has 0 unspecified atom stereocenters. The van der Waals surface area contributed by atoms with Crippen molar-refractivity contribution < 1.29 is 0 Å². The van der Waals surface area contributed by atoms with Crippen LogP contribution in [0.1, 0.15) is 39.0 Å². The van der Waals surface area contributed by atoms with Gasteiger partial charge in [-0.25, -0.2) is 0 Å². The summed E-state index contributed by atoms with van der Waals surface area (Å²) in [7, 11) is 0. The van der Waals surface area contributed by atoms with Crippen LogP contribution in [-0.4, -0.2) is 0 Å². The second kappa shape index (κ2) is 4.63. The van der Waals surface area contributed by atoms with E-state index < -0.39 is 0 Å². The van der Waals surface area contributed by atoms with Crippen molar-refractivity contribution in [3.63, 3.8) is 0 Å². The van der Waals surface area contributed by atoms with Crippen molar-refractivity contribution in [2.45, 2.75) is 39.0 Å². The van der Waals surface area contributed by atoms with Crippen molar-refractivity contribution in [2.24, 2.45) is 11.8 Å². The zero-order chi connectivity index (χ0) is 9.80. The second-order valence-electron chi connectivity index (χ2n) is 4.50. The molecule has 76 valence electrons. The van der Waals surface area contributed by atoms with Gasteiger partial charge in [-0.05, 0) is 31.1 Å². The summed E-state index contributed by atoms with van der Waals surface area (Å²) in [6.45, 7) is 2.26. The lowest BCUT2D eigenvalue weighted by Gasteiger charge is -2.05. The van der Waals surface area contributed by atoms with Gasteiger partial charge < -0.3 is 0 Å². The molecule has 14 heavy (non-hydrogen) atoms. The Morgan fingerprint density at radius 1 is 1.36 bits per heavy atom. The predicted molar refractivity (Wildman–Crippen MR) is 62.1 cm³/mol. The van der Waals surface area contributed by atoms with E-state index in [4.69, 9.17) is 0 Å². The number of fused-ring (bicyclic) bond motifs is 2. The van der Waals surface area contributed by atoms with E-state index in [-0.39, 0.29) is 0 Å². The molecule has 0 heteroatoms. The number of allylic oxidation sites excluding steroid dienone is 6. The maximum absolute atomic E-state index is 2.50. The highest BCUT2D eigenvalue weighted by molar-refractivity contribution is 5.26. The lowest BCUT2D eigenvalue weighted by atomic mass is 10.0. The van der Waals surface area contributed by atoms with Gasteiger partial charge in [0.25, 0.3) is 0 Å². The molecule has 0 spiro atoms. The van der Waals surface area contributed by atoms with Gasteiger partial charge in [-0.15, -0.1) is 0 Å². The van der Waals surface area contributed by atoms with Gasteiger partial charge in [0.1, 0.15) is 0 Å². The number of hydrogen-bond acceptors (Lipinski definition) is 0. The fourth-order valence-electron chi connectivity index (χ4n) is 2.51. The topological polar surface area (TPSA) is 0 Å². The van der Waals surface area contributed by atoms with Gasteiger partial charge in [0.15, 0.2) is 0 Å². The summed E-state index contributed by atoms with van der Waals surface area (Å²) in [6, 6.07) is 0. The monoisotopic (exact) mass is 188 g/mol. The molecule has 1 fully saturated rings. The van der Waals surface area contributed by atoms with Gasteiger partial charge in [0, 0.05) is 0 Å². The average Bonchev–Trinajstić information content (AvgIpc) is 2.41. The third kappa shape index (κ3) is 2.17. The summed E-state index contributed by atoms with van der Waals surface area (Å²) < 4.78 is 0. The fourth-order valence-corrected chi connectivity index (χ4v) is 2.51. The summed E-state index contributed by atoms with van der Waals surface area (Å²) in [5.41, 5.74) is 1.70. The van der Waals surface area contributed by atoms with Crippen molar-refractivity contribution in [3.8, 4) is 0 Å². The van der Waals surface area contributed by atoms with E-state index in [1.165, 1.54) is 32.1 Å². The molecule has 2 atom stereocenters. The lowest BCUT2D eigenvalue weighted by Crippen LogP contribution is -1.91. The van der Waals surface area contributed by atoms with Crippen molar-refractivity contribution in [2.75, 3.05) is 0 Å². The van der Waals surface area contributed by atoms with Crippen LogP contribution in [0.4, 0.5) is 0 Å². The minimum Gasteiger partial charge on any atom is -0.0847 e. The average molecular weight is 188 g/mol. The Balaban J connectivity index is 1.98. The van der Waals surface area contributed by atoms with Crippen LogP contribution < -0.4 is 0 Å². The molecule has 2 rings (SSSR count). The highest BCUT2D eigenvalue weighted by Crippen LogP contribution is 2.39. The first kappa shape index (κ1) is 9.76. The Bertz CT molecular complexity index is 268. The molecule has 0 heterocycles. The maximum atomic E-state index is 2.50. The molecule has 2 aliphatic carbocycles. The Morgan fingerprint density at radius 2 is 2.21 bits per heavy atom. The Morgan fingerprint density at radius 3 is 3.07 bits per heavy atom. The van der Waals surface area contributed by atoms with Gasteiger partial charge in [-0.1, -0.05) is 55.7 Å². The Hall–Kier alpha value is -0.780. The second-order valence-corrected chi connectivity index (χ2v) is 4.50. The summed E-state index contributed by atoms with van der Waals surface area (Å²) in [5, 5.41) is 0. The lowest BCUT2D eigenvalue weighted by molar-refractivity contribution is 0.651. The smallest absolute Gasteiger partial charge is 0.00142 e. The molecular weight excluding hydrogens is 168 g/mol. The standard InChI is InChI=1S/C14H20/c1-2-3-4-8-13-10-12-7-5-6-9-14(13)11-12/h5-9,12,14H,2-4,10-11H2,1H3/b13-8+/t12-,14-/m0/s1. The molecule has 0 aromatic heterocycles. The molecule has 2 bridgehead atoms. The van der Waals surface area contributed by atoms with Crippen LogP contribution in [0.3, 0.4) is 0 Å². The minimum absolute atomic E-state index is 0.756. The summed E-state index contributed by atoms with van der Waals surface area (Å²) >= 11 is 0. The highest BCUT2D eigenvalue weighted by Gasteiger charge is 2.26. The third-order valence-corrected chi connectivity index (χ3v) is 3.33. The van der Waals surface area contributed by atoms with E-state index in [0.717, 1.165) is 11.8 Å². The van der Waals surface area contributed by atoms with Crippen LogP contribution in [0, 0.1) is 11.8 Å². The van der Waals surface area contributed by atoms with Crippen molar-refractivity contribution in [1.82, 2.24) is 0 Å². The van der Waals surface area contributed by atoms with Crippen LogP contribution >= 0.6 is 0 Å². The molecule has 0 N–H and O–H groups in total. The van der Waals surface area contributed by atoms with Gasteiger partial charge >= 0.3 is 0 Å². The first-order valence-electron chi connectivity index (χ1n) is 5.94. The fraction of sp³-hybridized carbons (Fsp3) is 0.571. The van der Waals surface area contributed by atoms with Crippen molar-refractivity contribution in [3.05, 3.63) is 36.0 Å². The van der Waals surface area contributed by atoms with Gasteiger partial charge in [0.2, 0.25) is 0 Å². The van der Waals surface area contributed by atoms with Crippen LogP contribution in [0.15, 0.2) is 36.0 Å². The molecule has 0 amide bonds. The Labute approximate surface area is 87.4 Å². The minimum atomic E-state index is 0.756. The third-order valence-electron chi connectivity index (χ3n) is 3.33. The molecule has 0 radical (unpaired) electrons. The van der Waals surface area contributed by atoms with E-state index in [1.54, 1.807) is 5.57 Å². The molecule has 1 saturated carbocycles. The van der Waals surface area contributed by atoms with Crippen molar-refractivity contribution >= 4 is 0 Å². The predicted octanol–water partition coefficient (Wildman–Crippen LogP) is 4.26. The summed E-state index contributed by atoms with van der Waals surface area (Å²) in [5.74, 6) is 1.58. The molecule has 0 aromatic carbocycles. The van der Waals surface area contributed by atoms with E-state index in [0.29, 0.717) is 0 Å². The zero-order valence-corrected chi connectivity index (χ0v) is 9.08. The first-order chi connectivity index (χ1) is 6.90. The molecule has 0 saturated heterocycles. The maximum Gasteiger partial charge on any atom is -0.00142 e. The van der Waals surface area contributed by atoms with E-state index in [2.05, 4.69) is 37.3 Å². The summed E-state index contributed by atoms with van der Waals surface area (Å²) in [6.07, 6.45) is 18.3. The van der Waals surface area contributed by atoms with Gasteiger partial charge in [-0.3, -0.25) is 0 Å². The zero-order valence-electron chi connectivity index (χ0n) is 9.08. The van der Waals surface area contributed by atoms with E-state index >= 15 is 0 Å². The van der Waals surface area contributed by atoms with Crippen LogP contribution in [0.2, 0.25) is 0 Å². The SMILES string of the molecule is CCCC/C=C1\C[C@@H]2C=CC=C[C@H]1C2. The van der Waals surface area contributed by atoms with E-state index in [1.807, 2.05) is 0 Å². The molecule has 0 nitrogen and oxygen atoms in total.